The van der Waals surface area contributed by atoms with Crippen LogP contribution >= 0.6 is 0 Å². The van der Waals surface area contributed by atoms with E-state index in [0.717, 1.165) is 12.4 Å². The molecule has 0 amide bonds. The van der Waals surface area contributed by atoms with Crippen LogP contribution in [0.3, 0.4) is 0 Å². The number of hydrogen-bond donors (Lipinski definition) is 0. The van der Waals surface area contributed by atoms with E-state index in [2.05, 4.69) is 13.5 Å². The van der Waals surface area contributed by atoms with Gasteiger partial charge in [-0.25, -0.2) is 0 Å². The van der Waals surface area contributed by atoms with Crippen LogP contribution in [0, 0.1) is 0 Å². The average Bonchev–Trinajstić information content (AvgIpc) is 2.62. The molecule has 0 atom stereocenters. The number of allylic oxidation sites excluding steroid dienone is 1. The number of hydrogen-bond acceptors (Lipinski definition) is 1. The van der Waals surface area contributed by atoms with E-state index in [-0.39, 0.29) is 0 Å². The van der Waals surface area contributed by atoms with E-state index < -0.39 is 0 Å². The second-order valence-electron chi connectivity index (χ2n) is 8.27. The molecule has 0 aliphatic rings. The Labute approximate surface area is 166 Å². The van der Waals surface area contributed by atoms with Crippen molar-refractivity contribution in [3.63, 3.8) is 0 Å². The average molecular weight is 367 g/mol. The number of ether oxygens (including phenoxy) is 1. The molecule has 0 bridgehead atoms. The molecule has 1 heteroatoms. The molecule has 0 spiro atoms. The van der Waals surface area contributed by atoms with Gasteiger partial charge in [0, 0.05) is 0 Å². The lowest BCUT2D eigenvalue weighted by Crippen LogP contribution is -1.91. The van der Waals surface area contributed by atoms with E-state index in [9.17, 15) is 0 Å². The molecular weight excluding hydrogens is 316 g/mol. The molecule has 0 saturated heterocycles. The molecular formula is C25H50O. The predicted octanol–water partition coefficient (Wildman–Crippen LogP) is 9.36. The summed E-state index contributed by atoms with van der Waals surface area (Å²) in [5.41, 5.74) is 0. The van der Waals surface area contributed by atoms with E-state index in [1.165, 1.54) is 128 Å². The summed E-state index contributed by atoms with van der Waals surface area (Å²) < 4.78 is 5.38. The van der Waals surface area contributed by atoms with Gasteiger partial charge in [0.15, 0.2) is 0 Å². The highest BCUT2D eigenvalue weighted by Crippen LogP contribution is 2.14. The highest BCUT2D eigenvalue weighted by molar-refractivity contribution is 4.73. The van der Waals surface area contributed by atoms with Crippen LogP contribution in [0.25, 0.3) is 0 Å². The summed E-state index contributed by atoms with van der Waals surface area (Å²) in [6.45, 7) is 8.83. The maximum Gasteiger partial charge on any atom is 0.0876 e. The maximum atomic E-state index is 5.38. The predicted molar refractivity (Wildman–Crippen MR) is 119 cm³/mol. The minimum Gasteiger partial charge on any atom is -0.499 e. The van der Waals surface area contributed by atoms with Gasteiger partial charge in [-0.15, -0.1) is 0 Å². The molecule has 0 fully saturated rings. The normalized spacial score (nSPS) is 11.0. The SMILES string of the molecule is C=C(C)OCCCCCCCCCCCCCCCCCCCCCC. The summed E-state index contributed by atoms with van der Waals surface area (Å²) in [7, 11) is 0. The standard InChI is InChI=1S/C25H50O/c1-4-5-6-7-8-9-10-11-12-13-14-15-16-17-18-19-20-21-22-23-24-26-25(2)3/h2,4-24H2,1,3H3. The van der Waals surface area contributed by atoms with Gasteiger partial charge in [0.05, 0.1) is 12.4 Å². The van der Waals surface area contributed by atoms with Gasteiger partial charge in [-0.05, 0) is 13.3 Å². The van der Waals surface area contributed by atoms with Crippen molar-refractivity contribution in [1.29, 1.82) is 0 Å². The van der Waals surface area contributed by atoms with Gasteiger partial charge in [0.25, 0.3) is 0 Å². The van der Waals surface area contributed by atoms with Crippen LogP contribution in [0.5, 0.6) is 0 Å². The van der Waals surface area contributed by atoms with Crippen LogP contribution in [-0.2, 0) is 4.74 Å². The van der Waals surface area contributed by atoms with Crippen LogP contribution < -0.4 is 0 Å². The zero-order chi connectivity index (χ0) is 19.1. The first-order chi connectivity index (χ1) is 12.8. The van der Waals surface area contributed by atoms with Crippen molar-refractivity contribution in [1.82, 2.24) is 0 Å². The molecule has 0 saturated carbocycles. The van der Waals surface area contributed by atoms with Gasteiger partial charge in [0.2, 0.25) is 0 Å². The van der Waals surface area contributed by atoms with Gasteiger partial charge in [-0.2, -0.15) is 0 Å². The van der Waals surface area contributed by atoms with E-state index in [4.69, 9.17) is 4.74 Å². The molecule has 0 aliphatic heterocycles. The number of rotatable bonds is 22. The van der Waals surface area contributed by atoms with E-state index in [1.54, 1.807) is 0 Å². The third kappa shape index (κ3) is 23.5. The zero-order valence-corrected chi connectivity index (χ0v) is 18.5. The lowest BCUT2D eigenvalue weighted by atomic mass is 10.0. The Hall–Kier alpha value is -0.460. The first kappa shape index (κ1) is 25.5. The Kier molecular flexibility index (Phi) is 22.2. The fourth-order valence-electron chi connectivity index (χ4n) is 3.60. The Morgan fingerprint density at radius 3 is 1.04 bits per heavy atom. The second-order valence-corrected chi connectivity index (χ2v) is 8.27. The van der Waals surface area contributed by atoms with E-state index in [1.807, 2.05) is 6.92 Å². The topological polar surface area (TPSA) is 9.23 Å². The largest absolute Gasteiger partial charge is 0.499 e. The van der Waals surface area contributed by atoms with E-state index in [0.29, 0.717) is 0 Å². The highest BCUT2D eigenvalue weighted by atomic mass is 16.5. The van der Waals surface area contributed by atoms with Gasteiger partial charge >= 0.3 is 0 Å². The van der Waals surface area contributed by atoms with Crippen molar-refractivity contribution < 1.29 is 4.74 Å². The summed E-state index contributed by atoms with van der Waals surface area (Å²) in [4.78, 5) is 0. The van der Waals surface area contributed by atoms with Crippen molar-refractivity contribution in [2.45, 2.75) is 142 Å². The molecule has 0 aromatic heterocycles. The van der Waals surface area contributed by atoms with Gasteiger partial charge in [-0.3, -0.25) is 0 Å². The maximum absolute atomic E-state index is 5.38. The Balaban J connectivity index is 2.98. The molecule has 0 rings (SSSR count). The summed E-state index contributed by atoms with van der Waals surface area (Å²) in [5, 5.41) is 0. The van der Waals surface area contributed by atoms with Gasteiger partial charge < -0.3 is 4.74 Å². The molecule has 0 radical (unpaired) electrons. The second kappa shape index (κ2) is 22.6. The molecule has 1 nitrogen and oxygen atoms in total. The third-order valence-electron chi connectivity index (χ3n) is 5.35. The quantitative estimate of drug-likeness (QED) is 0.137. The molecule has 0 aliphatic carbocycles. The minimum atomic E-state index is 0.850. The molecule has 0 unspecified atom stereocenters. The molecule has 0 aromatic carbocycles. The minimum absolute atomic E-state index is 0.850. The van der Waals surface area contributed by atoms with Crippen LogP contribution in [0.1, 0.15) is 142 Å². The molecule has 26 heavy (non-hydrogen) atoms. The Morgan fingerprint density at radius 2 is 0.769 bits per heavy atom. The smallest absolute Gasteiger partial charge is 0.0876 e. The molecule has 156 valence electrons. The van der Waals surface area contributed by atoms with Gasteiger partial charge in [0.1, 0.15) is 0 Å². The highest BCUT2D eigenvalue weighted by Gasteiger charge is 1.95. The fourth-order valence-corrected chi connectivity index (χ4v) is 3.60. The zero-order valence-electron chi connectivity index (χ0n) is 18.5. The van der Waals surface area contributed by atoms with E-state index >= 15 is 0 Å². The molecule has 0 aromatic rings. The Morgan fingerprint density at radius 1 is 0.500 bits per heavy atom. The lowest BCUT2D eigenvalue weighted by Gasteiger charge is -2.05. The van der Waals surface area contributed by atoms with Crippen molar-refractivity contribution >= 4 is 0 Å². The van der Waals surface area contributed by atoms with Crippen LogP contribution in [0.2, 0.25) is 0 Å². The van der Waals surface area contributed by atoms with Crippen LogP contribution in [-0.4, -0.2) is 6.61 Å². The summed E-state index contributed by atoms with van der Waals surface area (Å²) >= 11 is 0. The summed E-state index contributed by atoms with van der Waals surface area (Å²) in [6, 6.07) is 0. The number of unbranched alkanes of at least 4 members (excludes halogenated alkanes) is 19. The van der Waals surface area contributed by atoms with Crippen LogP contribution in [0.15, 0.2) is 12.3 Å². The summed E-state index contributed by atoms with van der Waals surface area (Å²) in [5.74, 6) is 0.850. The lowest BCUT2D eigenvalue weighted by molar-refractivity contribution is 0.208. The molecule has 0 N–H and O–H groups in total. The van der Waals surface area contributed by atoms with Crippen molar-refractivity contribution in [2.75, 3.05) is 6.61 Å². The van der Waals surface area contributed by atoms with Gasteiger partial charge in [-0.1, -0.05) is 135 Å². The first-order valence-electron chi connectivity index (χ1n) is 12.1. The van der Waals surface area contributed by atoms with Crippen LogP contribution in [0.4, 0.5) is 0 Å². The molecule has 0 heterocycles. The van der Waals surface area contributed by atoms with Crippen molar-refractivity contribution in [3.8, 4) is 0 Å². The van der Waals surface area contributed by atoms with Crippen molar-refractivity contribution in [3.05, 3.63) is 12.3 Å². The Bertz CT molecular complexity index is 271. The first-order valence-corrected chi connectivity index (χ1v) is 12.1. The third-order valence-corrected chi connectivity index (χ3v) is 5.35. The summed E-state index contributed by atoms with van der Waals surface area (Å²) in [6.07, 6.45) is 28.6. The monoisotopic (exact) mass is 366 g/mol. The van der Waals surface area contributed by atoms with Crippen molar-refractivity contribution in [2.24, 2.45) is 0 Å². The fraction of sp³-hybridized carbons (Fsp3) is 0.920.